The van der Waals surface area contributed by atoms with Crippen molar-refractivity contribution in [2.24, 2.45) is 0 Å². The Morgan fingerprint density at radius 1 is 1.14 bits per heavy atom. The average Bonchev–Trinajstić information content (AvgIpc) is 2.48. The first-order valence-corrected chi connectivity index (χ1v) is 6.71. The maximum Gasteiger partial charge on any atom is 0.335 e. The summed E-state index contributed by atoms with van der Waals surface area (Å²) in [4.78, 5) is 10.8. The molecule has 0 aliphatic heterocycles. The SMILES string of the molecule is N#CC(Nc1ccc(Cl)c(Cl)c1)c1ccc(C(=O)O)cc1. The number of aromatic carboxylic acids is 1. The minimum absolute atomic E-state index is 0.171. The normalized spacial score (nSPS) is 11.5. The molecule has 1 atom stereocenters. The molecule has 0 radical (unpaired) electrons. The van der Waals surface area contributed by atoms with Gasteiger partial charge in [-0.25, -0.2) is 4.79 Å². The van der Waals surface area contributed by atoms with Crippen LogP contribution in [0.2, 0.25) is 10.0 Å². The van der Waals surface area contributed by atoms with E-state index in [1.54, 1.807) is 30.3 Å². The Bertz CT molecular complexity index is 709. The fourth-order valence-electron chi connectivity index (χ4n) is 1.76. The molecule has 0 heterocycles. The van der Waals surface area contributed by atoms with E-state index in [2.05, 4.69) is 11.4 Å². The van der Waals surface area contributed by atoms with E-state index in [1.807, 2.05) is 0 Å². The van der Waals surface area contributed by atoms with Crippen molar-refractivity contribution in [1.29, 1.82) is 5.26 Å². The fourth-order valence-corrected chi connectivity index (χ4v) is 2.06. The summed E-state index contributed by atoms with van der Waals surface area (Å²) < 4.78 is 0. The van der Waals surface area contributed by atoms with Crippen LogP contribution in [0.25, 0.3) is 0 Å². The second-order valence-corrected chi connectivity index (χ2v) is 5.08. The highest BCUT2D eigenvalue weighted by atomic mass is 35.5. The number of carboxylic acid groups (broad SMARTS) is 1. The van der Waals surface area contributed by atoms with Crippen LogP contribution in [-0.4, -0.2) is 11.1 Å². The number of nitriles is 1. The molecule has 0 bridgehead atoms. The van der Waals surface area contributed by atoms with Crippen molar-refractivity contribution in [2.75, 3.05) is 5.32 Å². The minimum Gasteiger partial charge on any atom is -0.478 e. The van der Waals surface area contributed by atoms with Crippen LogP contribution in [0, 0.1) is 11.3 Å². The van der Waals surface area contributed by atoms with E-state index in [0.29, 0.717) is 21.3 Å². The molecule has 2 aromatic rings. The summed E-state index contributed by atoms with van der Waals surface area (Å²) in [6.45, 7) is 0. The second kappa shape index (κ2) is 6.49. The van der Waals surface area contributed by atoms with E-state index in [0.717, 1.165) is 0 Å². The Morgan fingerprint density at radius 3 is 2.33 bits per heavy atom. The number of carboxylic acids is 1. The number of nitrogens with zero attached hydrogens (tertiary/aromatic N) is 1. The predicted octanol–water partition coefficient (Wildman–Crippen LogP) is 4.37. The Kier molecular flexibility index (Phi) is 4.69. The van der Waals surface area contributed by atoms with Gasteiger partial charge in [0.1, 0.15) is 6.04 Å². The monoisotopic (exact) mass is 320 g/mol. The van der Waals surface area contributed by atoms with E-state index in [1.165, 1.54) is 12.1 Å². The zero-order valence-corrected chi connectivity index (χ0v) is 12.2. The number of carbonyl (C=O) groups is 1. The third kappa shape index (κ3) is 3.66. The van der Waals surface area contributed by atoms with Gasteiger partial charge in [0, 0.05) is 5.69 Å². The summed E-state index contributed by atoms with van der Waals surface area (Å²) >= 11 is 11.8. The smallest absolute Gasteiger partial charge is 0.335 e. The van der Waals surface area contributed by atoms with Crippen LogP contribution >= 0.6 is 23.2 Å². The van der Waals surface area contributed by atoms with Crippen molar-refractivity contribution in [3.8, 4) is 6.07 Å². The Labute approximate surface area is 131 Å². The lowest BCUT2D eigenvalue weighted by molar-refractivity contribution is 0.0697. The molecule has 1 unspecified atom stereocenters. The topological polar surface area (TPSA) is 73.1 Å². The highest BCUT2D eigenvalue weighted by molar-refractivity contribution is 6.42. The summed E-state index contributed by atoms with van der Waals surface area (Å²) in [6.07, 6.45) is 0. The summed E-state index contributed by atoms with van der Waals surface area (Å²) in [7, 11) is 0. The molecule has 4 nitrogen and oxygen atoms in total. The van der Waals surface area contributed by atoms with Crippen molar-refractivity contribution in [1.82, 2.24) is 0 Å². The summed E-state index contributed by atoms with van der Waals surface area (Å²) in [5, 5.41) is 21.9. The molecule has 21 heavy (non-hydrogen) atoms. The maximum atomic E-state index is 10.8. The van der Waals surface area contributed by atoms with Crippen LogP contribution in [0.1, 0.15) is 22.0 Å². The fraction of sp³-hybridized carbons (Fsp3) is 0.0667. The molecule has 0 saturated heterocycles. The van der Waals surface area contributed by atoms with Crippen LogP contribution in [0.5, 0.6) is 0 Å². The summed E-state index contributed by atoms with van der Waals surface area (Å²) in [5.74, 6) is -1.01. The van der Waals surface area contributed by atoms with Crippen LogP contribution in [0.4, 0.5) is 5.69 Å². The molecule has 106 valence electrons. The molecule has 2 N–H and O–H groups in total. The third-order valence-electron chi connectivity index (χ3n) is 2.85. The van der Waals surface area contributed by atoms with Gasteiger partial charge in [-0.2, -0.15) is 5.26 Å². The first kappa shape index (κ1) is 15.2. The van der Waals surface area contributed by atoms with E-state index >= 15 is 0 Å². The number of nitrogens with one attached hydrogen (secondary N) is 1. The molecule has 2 aromatic carbocycles. The van der Waals surface area contributed by atoms with Gasteiger partial charge in [-0.3, -0.25) is 0 Å². The van der Waals surface area contributed by atoms with Gasteiger partial charge in [0.05, 0.1) is 21.7 Å². The number of halogens is 2. The quantitative estimate of drug-likeness (QED) is 0.877. The molecular formula is C15H10Cl2N2O2. The Morgan fingerprint density at radius 2 is 1.81 bits per heavy atom. The Balaban J connectivity index is 2.21. The van der Waals surface area contributed by atoms with Gasteiger partial charge < -0.3 is 10.4 Å². The molecule has 0 aromatic heterocycles. The average molecular weight is 321 g/mol. The molecule has 0 saturated carbocycles. The van der Waals surface area contributed by atoms with Gasteiger partial charge in [-0.15, -0.1) is 0 Å². The number of benzene rings is 2. The van der Waals surface area contributed by atoms with Crippen LogP contribution in [0.3, 0.4) is 0 Å². The van der Waals surface area contributed by atoms with E-state index in [-0.39, 0.29) is 5.56 Å². The molecule has 0 aliphatic rings. The largest absolute Gasteiger partial charge is 0.478 e. The summed E-state index contributed by atoms with van der Waals surface area (Å²) in [6, 6.07) is 12.6. The lowest BCUT2D eigenvalue weighted by Gasteiger charge is -2.14. The van der Waals surface area contributed by atoms with Crippen LogP contribution in [-0.2, 0) is 0 Å². The highest BCUT2D eigenvalue weighted by Crippen LogP contribution is 2.27. The van der Waals surface area contributed by atoms with Gasteiger partial charge in [-0.1, -0.05) is 35.3 Å². The van der Waals surface area contributed by atoms with Crippen molar-refractivity contribution in [2.45, 2.75) is 6.04 Å². The first-order valence-electron chi connectivity index (χ1n) is 5.95. The van der Waals surface area contributed by atoms with Crippen LogP contribution in [0.15, 0.2) is 42.5 Å². The summed E-state index contributed by atoms with van der Waals surface area (Å²) in [5.41, 5.74) is 1.48. The van der Waals surface area contributed by atoms with Gasteiger partial charge in [-0.05, 0) is 35.9 Å². The number of hydrogen-bond donors (Lipinski definition) is 2. The van der Waals surface area contributed by atoms with Gasteiger partial charge in [0.15, 0.2) is 0 Å². The van der Waals surface area contributed by atoms with E-state index < -0.39 is 12.0 Å². The highest BCUT2D eigenvalue weighted by Gasteiger charge is 2.12. The van der Waals surface area contributed by atoms with Gasteiger partial charge in [0.25, 0.3) is 0 Å². The maximum absolute atomic E-state index is 10.8. The number of rotatable bonds is 4. The van der Waals surface area contributed by atoms with Crippen molar-refractivity contribution in [3.05, 3.63) is 63.6 Å². The molecule has 6 heteroatoms. The van der Waals surface area contributed by atoms with Crippen LogP contribution < -0.4 is 5.32 Å². The van der Waals surface area contributed by atoms with Gasteiger partial charge in [0.2, 0.25) is 0 Å². The van der Waals surface area contributed by atoms with Crippen molar-refractivity contribution in [3.63, 3.8) is 0 Å². The lowest BCUT2D eigenvalue weighted by Crippen LogP contribution is -2.09. The van der Waals surface area contributed by atoms with E-state index in [9.17, 15) is 10.1 Å². The lowest BCUT2D eigenvalue weighted by atomic mass is 10.1. The number of hydrogen-bond acceptors (Lipinski definition) is 3. The third-order valence-corrected chi connectivity index (χ3v) is 3.59. The molecule has 0 spiro atoms. The van der Waals surface area contributed by atoms with Crippen molar-refractivity contribution < 1.29 is 9.90 Å². The standard InChI is InChI=1S/C15H10Cl2N2O2/c16-12-6-5-11(7-13(12)17)19-14(8-18)9-1-3-10(4-2-9)15(20)21/h1-7,14,19H,(H,20,21). The molecule has 0 fully saturated rings. The minimum atomic E-state index is -1.01. The second-order valence-electron chi connectivity index (χ2n) is 4.26. The molecule has 0 amide bonds. The first-order chi connectivity index (χ1) is 10.0. The number of anilines is 1. The van der Waals surface area contributed by atoms with Crippen molar-refractivity contribution >= 4 is 34.9 Å². The Hall–Kier alpha value is -2.22. The zero-order chi connectivity index (χ0) is 15.4. The van der Waals surface area contributed by atoms with E-state index in [4.69, 9.17) is 28.3 Å². The molecule has 2 rings (SSSR count). The molecule has 0 aliphatic carbocycles. The molecular weight excluding hydrogens is 311 g/mol. The van der Waals surface area contributed by atoms with Gasteiger partial charge >= 0.3 is 5.97 Å². The zero-order valence-electron chi connectivity index (χ0n) is 10.7. The predicted molar refractivity (Wildman–Crippen MR) is 81.8 cm³/mol.